The van der Waals surface area contributed by atoms with Crippen LogP contribution >= 0.6 is 0 Å². The lowest BCUT2D eigenvalue weighted by molar-refractivity contribution is -0.141. The van der Waals surface area contributed by atoms with E-state index in [0.717, 1.165) is 30.4 Å². The number of hydrogen-bond donors (Lipinski definition) is 2. The lowest BCUT2D eigenvalue weighted by atomic mass is 9.98. The number of aryl methyl sites for hydroxylation is 1. The van der Waals surface area contributed by atoms with Gasteiger partial charge in [0.05, 0.1) is 5.92 Å². The Labute approximate surface area is 126 Å². The number of carbonyl (C=O) groups excluding carboxylic acids is 1. The molecule has 0 heterocycles. The topological polar surface area (TPSA) is 66.4 Å². The summed E-state index contributed by atoms with van der Waals surface area (Å²) in [4.78, 5) is 23.0. The molecular formula is C17H25NO3. The zero-order chi connectivity index (χ0) is 15.7. The van der Waals surface area contributed by atoms with E-state index in [-0.39, 0.29) is 12.5 Å². The van der Waals surface area contributed by atoms with Gasteiger partial charge in [-0.25, -0.2) is 0 Å². The minimum absolute atomic E-state index is 0.0565. The Morgan fingerprint density at radius 2 is 2.05 bits per heavy atom. The smallest absolute Gasteiger partial charge is 0.308 e. The molecule has 0 saturated carbocycles. The van der Waals surface area contributed by atoms with E-state index in [4.69, 9.17) is 0 Å². The van der Waals surface area contributed by atoms with Crippen LogP contribution in [0.15, 0.2) is 24.3 Å². The molecule has 0 fully saturated rings. The third-order valence-electron chi connectivity index (χ3n) is 3.47. The highest BCUT2D eigenvalue weighted by atomic mass is 16.4. The largest absolute Gasteiger partial charge is 0.481 e. The number of carbonyl (C=O) groups is 2. The zero-order valence-electron chi connectivity index (χ0n) is 12.9. The number of nitrogens with one attached hydrogen (secondary N) is 1. The van der Waals surface area contributed by atoms with Crippen LogP contribution < -0.4 is 5.32 Å². The van der Waals surface area contributed by atoms with Crippen LogP contribution in [0.25, 0.3) is 0 Å². The molecule has 21 heavy (non-hydrogen) atoms. The first-order valence-electron chi connectivity index (χ1n) is 7.58. The van der Waals surface area contributed by atoms with Gasteiger partial charge in [-0.15, -0.1) is 0 Å². The van der Waals surface area contributed by atoms with Gasteiger partial charge in [-0.3, -0.25) is 9.59 Å². The van der Waals surface area contributed by atoms with Crippen LogP contribution in [0.4, 0.5) is 0 Å². The second kappa shape index (κ2) is 9.16. The van der Waals surface area contributed by atoms with Crippen molar-refractivity contribution in [1.82, 2.24) is 5.32 Å². The van der Waals surface area contributed by atoms with E-state index in [2.05, 4.69) is 12.2 Å². The number of unbranched alkanes of at least 4 members (excludes halogenated alkanes) is 2. The van der Waals surface area contributed by atoms with Crippen molar-refractivity contribution in [3.8, 4) is 0 Å². The van der Waals surface area contributed by atoms with Gasteiger partial charge in [0.25, 0.3) is 0 Å². The van der Waals surface area contributed by atoms with Gasteiger partial charge in [-0.05, 0) is 25.3 Å². The second-order valence-electron chi connectivity index (χ2n) is 5.49. The van der Waals surface area contributed by atoms with E-state index in [9.17, 15) is 14.7 Å². The van der Waals surface area contributed by atoms with Crippen molar-refractivity contribution in [3.05, 3.63) is 35.4 Å². The summed E-state index contributed by atoms with van der Waals surface area (Å²) in [6.45, 7) is 4.25. The van der Waals surface area contributed by atoms with E-state index in [0.29, 0.717) is 12.8 Å². The number of carboxylic acids is 1. The molecule has 2 N–H and O–H groups in total. The lowest BCUT2D eigenvalue weighted by Crippen LogP contribution is -2.34. The average Bonchev–Trinajstić information content (AvgIpc) is 2.43. The summed E-state index contributed by atoms with van der Waals surface area (Å²) < 4.78 is 0. The first kappa shape index (κ1) is 17.2. The Kier molecular flexibility index (Phi) is 7.51. The summed E-state index contributed by atoms with van der Waals surface area (Å²) in [6.07, 6.45) is 3.87. The molecule has 4 nitrogen and oxygen atoms in total. The number of aliphatic carboxylic acids is 1. The molecule has 0 aliphatic carbocycles. The molecule has 1 amide bonds. The van der Waals surface area contributed by atoms with Gasteiger partial charge in [0.1, 0.15) is 0 Å². The first-order valence-corrected chi connectivity index (χ1v) is 7.58. The third-order valence-corrected chi connectivity index (χ3v) is 3.47. The molecule has 0 spiro atoms. The molecule has 0 bridgehead atoms. The molecule has 116 valence electrons. The molecule has 0 aliphatic heterocycles. The van der Waals surface area contributed by atoms with Crippen molar-refractivity contribution >= 4 is 11.9 Å². The van der Waals surface area contributed by atoms with Gasteiger partial charge in [-0.2, -0.15) is 0 Å². The SMILES string of the molecule is CCCCCC(=O)NCC(Cc1cccc(C)c1)C(=O)O. The maximum absolute atomic E-state index is 11.6. The molecule has 0 aromatic heterocycles. The molecule has 1 rings (SSSR count). The second-order valence-corrected chi connectivity index (χ2v) is 5.49. The fourth-order valence-corrected chi connectivity index (χ4v) is 2.23. The van der Waals surface area contributed by atoms with Crippen LogP contribution in [0.5, 0.6) is 0 Å². The van der Waals surface area contributed by atoms with Crippen molar-refractivity contribution in [2.45, 2.75) is 46.0 Å². The maximum Gasteiger partial charge on any atom is 0.308 e. The normalized spacial score (nSPS) is 11.9. The Morgan fingerprint density at radius 1 is 1.29 bits per heavy atom. The molecule has 0 saturated heterocycles. The Morgan fingerprint density at radius 3 is 2.67 bits per heavy atom. The van der Waals surface area contributed by atoms with Gasteiger partial charge in [0.15, 0.2) is 0 Å². The minimum atomic E-state index is -0.870. The van der Waals surface area contributed by atoms with E-state index < -0.39 is 11.9 Å². The Hall–Kier alpha value is -1.84. The Balaban J connectivity index is 2.47. The fraction of sp³-hybridized carbons (Fsp3) is 0.529. The van der Waals surface area contributed by atoms with Crippen molar-refractivity contribution in [2.75, 3.05) is 6.54 Å². The number of hydrogen-bond acceptors (Lipinski definition) is 2. The van der Waals surface area contributed by atoms with Gasteiger partial charge in [-0.1, -0.05) is 49.6 Å². The molecular weight excluding hydrogens is 266 g/mol. The highest BCUT2D eigenvalue weighted by Gasteiger charge is 2.18. The molecule has 0 radical (unpaired) electrons. The summed E-state index contributed by atoms with van der Waals surface area (Å²) in [5, 5.41) is 12.0. The van der Waals surface area contributed by atoms with Crippen molar-refractivity contribution in [2.24, 2.45) is 5.92 Å². The maximum atomic E-state index is 11.6. The monoisotopic (exact) mass is 291 g/mol. The van der Waals surface area contributed by atoms with Crippen LogP contribution in [0.2, 0.25) is 0 Å². The summed E-state index contributed by atoms with van der Waals surface area (Å²) in [5.74, 6) is -1.51. The molecule has 4 heteroatoms. The molecule has 1 aromatic rings. The highest BCUT2D eigenvalue weighted by Crippen LogP contribution is 2.11. The highest BCUT2D eigenvalue weighted by molar-refractivity contribution is 5.77. The molecule has 1 aromatic carbocycles. The minimum Gasteiger partial charge on any atom is -0.481 e. The molecule has 1 unspecified atom stereocenters. The van der Waals surface area contributed by atoms with E-state index in [1.807, 2.05) is 31.2 Å². The third kappa shape index (κ3) is 6.93. The number of rotatable bonds is 9. The average molecular weight is 291 g/mol. The Bertz CT molecular complexity index is 471. The quantitative estimate of drug-likeness (QED) is 0.687. The predicted octanol–water partition coefficient (Wildman–Crippen LogP) is 2.93. The summed E-state index contributed by atoms with van der Waals surface area (Å²) >= 11 is 0. The summed E-state index contributed by atoms with van der Waals surface area (Å²) in [5.41, 5.74) is 2.10. The summed E-state index contributed by atoms with van der Waals surface area (Å²) in [7, 11) is 0. The summed E-state index contributed by atoms with van der Waals surface area (Å²) in [6, 6.07) is 7.81. The van der Waals surface area contributed by atoms with Gasteiger partial charge >= 0.3 is 5.97 Å². The molecule has 0 aliphatic rings. The van der Waals surface area contributed by atoms with Crippen molar-refractivity contribution in [1.29, 1.82) is 0 Å². The van der Waals surface area contributed by atoms with Gasteiger partial charge in [0, 0.05) is 13.0 Å². The predicted molar refractivity (Wildman–Crippen MR) is 83.2 cm³/mol. The van der Waals surface area contributed by atoms with E-state index in [1.54, 1.807) is 0 Å². The van der Waals surface area contributed by atoms with Crippen molar-refractivity contribution in [3.63, 3.8) is 0 Å². The van der Waals surface area contributed by atoms with Gasteiger partial charge in [0.2, 0.25) is 5.91 Å². The number of benzene rings is 1. The van der Waals surface area contributed by atoms with Crippen LogP contribution in [0, 0.1) is 12.8 Å². The first-order chi connectivity index (χ1) is 10.0. The standard InChI is InChI=1S/C17H25NO3/c1-3-4-5-9-16(19)18-12-15(17(20)21)11-14-8-6-7-13(2)10-14/h6-8,10,15H,3-5,9,11-12H2,1-2H3,(H,18,19)(H,20,21). The van der Waals surface area contributed by atoms with E-state index >= 15 is 0 Å². The lowest BCUT2D eigenvalue weighted by Gasteiger charge is -2.14. The van der Waals surface area contributed by atoms with Gasteiger partial charge < -0.3 is 10.4 Å². The zero-order valence-corrected chi connectivity index (χ0v) is 12.9. The molecule has 1 atom stereocenters. The fourth-order valence-electron chi connectivity index (χ4n) is 2.23. The van der Waals surface area contributed by atoms with Crippen LogP contribution in [-0.4, -0.2) is 23.5 Å². The van der Waals surface area contributed by atoms with E-state index in [1.165, 1.54) is 0 Å². The number of carboxylic acid groups (broad SMARTS) is 1. The van der Waals surface area contributed by atoms with Crippen LogP contribution in [-0.2, 0) is 16.0 Å². The number of amides is 1. The van der Waals surface area contributed by atoms with Crippen molar-refractivity contribution < 1.29 is 14.7 Å². The van der Waals surface area contributed by atoms with Crippen LogP contribution in [0.3, 0.4) is 0 Å². The van der Waals surface area contributed by atoms with Crippen LogP contribution in [0.1, 0.15) is 43.7 Å².